The topological polar surface area (TPSA) is 62.0 Å². The minimum Gasteiger partial charge on any atom is -0.495 e. The fraction of sp³-hybridized carbons (Fsp3) is 0.154. The van der Waals surface area contributed by atoms with E-state index in [1.54, 1.807) is 18.2 Å². The van der Waals surface area contributed by atoms with Gasteiger partial charge in [0.15, 0.2) is 11.5 Å². The second-order valence-corrected chi connectivity index (χ2v) is 3.57. The van der Waals surface area contributed by atoms with Crippen molar-refractivity contribution in [3.05, 3.63) is 42.4 Å². The quantitative estimate of drug-likeness (QED) is 0.822. The number of nitrogens with zero attached hydrogens (tertiary/aromatic N) is 4. The zero-order valence-corrected chi connectivity index (χ0v) is 10.2. The summed E-state index contributed by atoms with van der Waals surface area (Å²) < 4.78 is 5.29. The standard InChI is InChI=1S/C13H12N4O/c1-17(11-5-3-4-6-12(11)18-2)13-10(9-14)15-7-8-16-13/h3-8H,1-2H3. The summed E-state index contributed by atoms with van der Waals surface area (Å²) in [6.07, 6.45) is 3.06. The van der Waals surface area contributed by atoms with Gasteiger partial charge >= 0.3 is 0 Å². The van der Waals surface area contributed by atoms with Crippen molar-refractivity contribution < 1.29 is 4.74 Å². The summed E-state index contributed by atoms with van der Waals surface area (Å²) in [6.45, 7) is 0. The SMILES string of the molecule is COc1ccccc1N(C)c1nccnc1C#N. The molecule has 0 saturated heterocycles. The number of hydrogen-bond donors (Lipinski definition) is 0. The van der Waals surface area contributed by atoms with E-state index in [-0.39, 0.29) is 5.69 Å². The summed E-state index contributed by atoms with van der Waals surface area (Å²) in [5, 5.41) is 9.03. The molecule has 0 spiro atoms. The van der Waals surface area contributed by atoms with Crippen LogP contribution in [0.1, 0.15) is 5.69 Å². The Hall–Kier alpha value is -2.61. The molecule has 0 unspecified atom stereocenters. The molecule has 0 fully saturated rings. The van der Waals surface area contributed by atoms with Gasteiger partial charge in [-0.25, -0.2) is 9.97 Å². The number of hydrogen-bond acceptors (Lipinski definition) is 5. The number of methoxy groups -OCH3 is 1. The zero-order valence-electron chi connectivity index (χ0n) is 10.2. The van der Waals surface area contributed by atoms with Crippen molar-refractivity contribution in [1.29, 1.82) is 5.26 Å². The van der Waals surface area contributed by atoms with Crippen LogP contribution in [0.3, 0.4) is 0 Å². The van der Waals surface area contributed by atoms with E-state index in [0.29, 0.717) is 5.82 Å². The molecule has 1 aromatic carbocycles. The summed E-state index contributed by atoms with van der Waals surface area (Å²) in [6, 6.07) is 9.57. The first kappa shape index (κ1) is 11.9. The number of benzene rings is 1. The summed E-state index contributed by atoms with van der Waals surface area (Å²) in [5.74, 6) is 1.22. The van der Waals surface area contributed by atoms with Crippen LogP contribution in [-0.4, -0.2) is 24.1 Å². The van der Waals surface area contributed by atoms with Crippen molar-refractivity contribution in [2.75, 3.05) is 19.1 Å². The molecular weight excluding hydrogens is 228 g/mol. The van der Waals surface area contributed by atoms with Gasteiger partial charge in [0.2, 0.25) is 0 Å². The number of para-hydroxylation sites is 2. The lowest BCUT2D eigenvalue weighted by Crippen LogP contribution is -2.14. The molecule has 0 saturated carbocycles. The van der Waals surface area contributed by atoms with E-state index in [0.717, 1.165) is 11.4 Å². The monoisotopic (exact) mass is 240 g/mol. The molecular formula is C13H12N4O. The number of nitriles is 1. The molecule has 5 nitrogen and oxygen atoms in total. The van der Waals surface area contributed by atoms with Crippen LogP contribution in [0, 0.1) is 11.3 Å². The van der Waals surface area contributed by atoms with E-state index in [9.17, 15) is 0 Å². The molecule has 1 heterocycles. The second kappa shape index (κ2) is 5.15. The van der Waals surface area contributed by atoms with Gasteiger partial charge in [0.1, 0.15) is 11.8 Å². The Morgan fingerprint density at radius 2 is 1.94 bits per heavy atom. The first-order valence-corrected chi connectivity index (χ1v) is 5.35. The van der Waals surface area contributed by atoms with Gasteiger partial charge in [0, 0.05) is 19.4 Å². The maximum absolute atomic E-state index is 9.03. The number of aromatic nitrogens is 2. The van der Waals surface area contributed by atoms with Crippen molar-refractivity contribution in [3.63, 3.8) is 0 Å². The van der Waals surface area contributed by atoms with Crippen LogP contribution >= 0.6 is 0 Å². The smallest absolute Gasteiger partial charge is 0.183 e. The Bertz CT molecular complexity index is 592. The van der Waals surface area contributed by atoms with Gasteiger partial charge in [-0.2, -0.15) is 5.26 Å². The van der Waals surface area contributed by atoms with Gasteiger partial charge in [-0.15, -0.1) is 0 Å². The van der Waals surface area contributed by atoms with Crippen molar-refractivity contribution >= 4 is 11.5 Å². The van der Waals surface area contributed by atoms with Gasteiger partial charge < -0.3 is 9.64 Å². The highest BCUT2D eigenvalue weighted by Crippen LogP contribution is 2.31. The average molecular weight is 240 g/mol. The lowest BCUT2D eigenvalue weighted by Gasteiger charge is -2.20. The van der Waals surface area contributed by atoms with E-state index in [1.165, 1.54) is 6.20 Å². The number of ether oxygens (including phenoxy) is 1. The van der Waals surface area contributed by atoms with Gasteiger partial charge in [-0.05, 0) is 12.1 Å². The summed E-state index contributed by atoms with van der Waals surface area (Å²) >= 11 is 0. The van der Waals surface area contributed by atoms with Gasteiger partial charge in [0.25, 0.3) is 0 Å². The lowest BCUT2D eigenvalue weighted by molar-refractivity contribution is 0.415. The number of anilines is 2. The van der Waals surface area contributed by atoms with Crippen LogP contribution < -0.4 is 9.64 Å². The molecule has 2 aromatic rings. The van der Waals surface area contributed by atoms with E-state index < -0.39 is 0 Å². The molecule has 0 aliphatic carbocycles. The zero-order chi connectivity index (χ0) is 13.0. The Morgan fingerprint density at radius 3 is 2.67 bits per heavy atom. The third-order valence-corrected chi connectivity index (χ3v) is 2.55. The van der Waals surface area contributed by atoms with Crippen molar-refractivity contribution in [2.24, 2.45) is 0 Å². The molecule has 90 valence electrons. The Morgan fingerprint density at radius 1 is 1.22 bits per heavy atom. The first-order valence-electron chi connectivity index (χ1n) is 5.35. The fourth-order valence-corrected chi connectivity index (χ4v) is 1.68. The van der Waals surface area contributed by atoms with Crippen LogP contribution in [0.25, 0.3) is 0 Å². The van der Waals surface area contributed by atoms with Gasteiger partial charge in [-0.3, -0.25) is 0 Å². The minimum absolute atomic E-state index is 0.283. The molecule has 0 bridgehead atoms. The van der Waals surface area contributed by atoms with E-state index >= 15 is 0 Å². The fourth-order valence-electron chi connectivity index (χ4n) is 1.68. The normalized spacial score (nSPS) is 9.61. The maximum atomic E-state index is 9.03. The Balaban J connectivity index is 2.48. The number of rotatable bonds is 3. The van der Waals surface area contributed by atoms with E-state index in [1.807, 2.05) is 37.4 Å². The predicted molar refractivity (Wildman–Crippen MR) is 67.8 cm³/mol. The molecule has 2 rings (SSSR count). The highest BCUT2D eigenvalue weighted by Gasteiger charge is 2.14. The Kier molecular flexibility index (Phi) is 3.39. The summed E-state index contributed by atoms with van der Waals surface area (Å²) in [5.41, 5.74) is 1.11. The summed E-state index contributed by atoms with van der Waals surface area (Å²) in [4.78, 5) is 9.96. The van der Waals surface area contributed by atoms with Gasteiger partial charge in [-0.1, -0.05) is 12.1 Å². The molecule has 1 aromatic heterocycles. The van der Waals surface area contributed by atoms with Crippen LogP contribution in [0.2, 0.25) is 0 Å². The van der Waals surface area contributed by atoms with Crippen LogP contribution in [0.4, 0.5) is 11.5 Å². The largest absolute Gasteiger partial charge is 0.495 e. The molecule has 0 radical (unpaired) electrons. The van der Waals surface area contributed by atoms with E-state index in [4.69, 9.17) is 10.00 Å². The first-order chi connectivity index (χ1) is 8.77. The van der Waals surface area contributed by atoms with Crippen molar-refractivity contribution in [1.82, 2.24) is 9.97 Å². The molecule has 18 heavy (non-hydrogen) atoms. The third kappa shape index (κ3) is 2.09. The van der Waals surface area contributed by atoms with Crippen LogP contribution in [0.5, 0.6) is 5.75 Å². The Labute approximate surface area is 105 Å². The maximum Gasteiger partial charge on any atom is 0.183 e. The third-order valence-electron chi connectivity index (χ3n) is 2.55. The van der Waals surface area contributed by atoms with Gasteiger partial charge in [0.05, 0.1) is 12.8 Å². The highest BCUT2D eigenvalue weighted by atomic mass is 16.5. The molecule has 0 aliphatic rings. The van der Waals surface area contributed by atoms with Crippen molar-refractivity contribution in [2.45, 2.75) is 0 Å². The summed E-state index contributed by atoms with van der Waals surface area (Å²) in [7, 11) is 3.43. The average Bonchev–Trinajstić information content (AvgIpc) is 2.46. The lowest BCUT2D eigenvalue weighted by atomic mass is 10.2. The van der Waals surface area contributed by atoms with Crippen molar-refractivity contribution in [3.8, 4) is 11.8 Å². The van der Waals surface area contributed by atoms with Crippen LogP contribution in [0.15, 0.2) is 36.7 Å². The second-order valence-electron chi connectivity index (χ2n) is 3.57. The molecule has 5 heteroatoms. The van der Waals surface area contributed by atoms with Crippen LogP contribution in [-0.2, 0) is 0 Å². The van der Waals surface area contributed by atoms with E-state index in [2.05, 4.69) is 9.97 Å². The predicted octanol–water partition coefficient (Wildman–Crippen LogP) is 2.12. The highest BCUT2D eigenvalue weighted by molar-refractivity contribution is 5.68. The molecule has 0 atom stereocenters. The molecule has 0 aliphatic heterocycles. The molecule has 0 N–H and O–H groups in total. The molecule has 0 amide bonds. The minimum atomic E-state index is 0.283.